The number of halogens is 3. The molecule has 2 atom stereocenters. The van der Waals surface area contributed by atoms with Crippen LogP contribution >= 0.6 is 0 Å². The molecule has 0 spiro atoms. The molecule has 138 valence electrons. The first kappa shape index (κ1) is 19.0. The number of carbonyl (C=O) groups is 2. The quantitative estimate of drug-likeness (QED) is 0.856. The van der Waals surface area contributed by atoms with Crippen LogP contribution in [0.25, 0.3) is 0 Å². The average molecular weight is 359 g/mol. The molecule has 1 aromatic rings. The summed E-state index contributed by atoms with van der Waals surface area (Å²) in [5, 5.41) is 2.69. The van der Waals surface area contributed by atoms with E-state index >= 15 is 0 Å². The summed E-state index contributed by atoms with van der Waals surface area (Å²) in [4.78, 5) is 35.5. The van der Waals surface area contributed by atoms with Crippen molar-refractivity contribution in [2.24, 2.45) is 11.7 Å². The number of hydrogen-bond acceptors (Lipinski definition) is 3. The first-order valence-corrected chi connectivity index (χ1v) is 8.01. The lowest BCUT2D eigenvalue weighted by atomic mass is 9.86. The van der Waals surface area contributed by atoms with Crippen molar-refractivity contribution in [1.29, 1.82) is 0 Å². The zero-order valence-corrected chi connectivity index (χ0v) is 13.7. The van der Waals surface area contributed by atoms with Crippen molar-refractivity contribution in [3.63, 3.8) is 0 Å². The van der Waals surface area contributed by atoms with Gasteiger partial charge in [0, 0.05) is 6.04 Å². The van der Waals surface area contributed by atoms with Crippen molar-refractivity contribution < 1.29 is 22.8 Å². The Hall–Kier alpha value is -2.32. The first-order valence-electron chi connectivity index (χ1n) is 8.01. The lowest BCUT2D eigenvalue weighted by molar-refractivity contribution is -0.144. The summed E-state index contributed by atoms with van der Waals surface area (Å²) in [6.45, 7) is 1.14. The van der Waals surface area contributed by atoms with Gasteiger partial charge in [0.15, 0.2) is 0 Å². The Labute approximate surface area is 142 Å². The third kappa shape index (κ3) is 4.40. The Kier molecular flexibility index (Phi) is 5.54. The van der Waals surface area contributed by atoms with E-state index in [-0.39, 0.29) is 16.5 Å². The van der Waals surface area contributed by atoms with Crippen LogP contribution in [0.2, 0.25) is 0 Å². The Morgan fingerprint density at radius 3 is 2.48 bits per heavy atom. The molecule has 1 aliphatic rings. The van der Waals surface area contributed by atoms with Crippen molar-refractivity contribution in [3.8, 4) is 0 Å². The van der Waals surface area contributed by atoms with Crippen molar-refractivity contribution in [2.75, 3.05) is 0 Å². The summed E-state index contributed by atoms with van der Waals surface area (Å²) >= 11 is 0. The molecular formula is C16H20F3N3O3. The van der Waals surface area contributed by atoms with Crippen molar-refractivity contribution in [1.82, 2.24) is 9.88 Å². The van der Waals surface area contributed by atoms with Gasteiger partial charge in [0.05, 0.1) is 0 Å². The molecule has 1 heterocycles. The second-order valence-corrected chi connectivity index (χ2v) is 6.32. The molecule has 0 bridgehead atoms. The molecule has 9 heteroatoms. The van der Waals surface area contributed by atoms with Crippen LogP contribution in [0.4, 0.5) is 13.2 Å². The topological polar surface area (TPSA) is 94.2 Å². The van der Waals surface area contributed by atoms with Crippen molar-refractivity contribution >= 4 is 11.8 Å². The fourth-order valence-corrected chi connectivity index (χ4v) is 3.10. The highest BCUT2D eigenvalue weighted by atomic mass is 19.4. The molecular weight excluding hydrogens is 339 g/mol. The van der Waals surface area contributed by atoms with Gasteiger partial charge in [-0.1, -0.05) is 19.8 Å². The van der Waals surface area contributed by atoms with Gasteiger partial charge in [0.2, 0.25) is 5.91 Å². The van der Waals surface area contributed by atoms with Gasteiger partial charge in [-0.15, -0.1) is 0 Å². The summed E-state index contributed by atoms with van der Waals surface area (Å²) in [6, 6.07) is 1.17. The van der Waals surface area contributed by atoms with E-state index in [0.717, 1.165) is 31.7 Å². The highest BCUT2D eigenvalue weighted by Gasteiger charge is 2.36. The number of carbonyl (C=O) groups excluding carboxylic acids is 2. The zero-order chi connectivity index (χ0) is 18.8. The van der Waals surface area contributed by atoms with E-state index in [1.807, 2.05) is 6.92 Å². The van der Waals surface area contributed by atoms with Gasteiger partial charge in [-0.2, -0.15) is 13.2 Å². The average Bonchev–Trinajstić information content (AvgIpc) is 2.50. The third-order valence-electron chi connectivity index (χ3n) is 4.49. The monoisotopic (exact) mass is 359 g/mol. The Morgan fingerprint density at radius 1 is 1.28 bits per heavy atom. The SMILES string of the molecule is C[C@@H]1CCCC[C@@H]1NC(=O)Cn1c(C(F)(F)F)ccc(C(N)=O)c1=O. The maximum atomic E-state index is 13.1. The van der Waals surface area contributed by atoms with Crippen LogP contribution in [0.1, 0.15) is 48.7 Å². The van der Waals surface area contributed by atoms with Gasteiger partial charge >= 0.3 is 6.18 Å². The molecule has 1 aromatic heterocycles. The first-order chi connectivity index (χ1) is 11.6. The standard InChI is InChI=1S/C16H20F3N3O3/c1-9-4-2-3-5-11(9)21-13(23)8-22-12(16(17,18)19)7-6-10(14(20)24)15(22)25/h6-7,9,11H,2-5,8H2,1H3,(H2,20,24)(H,21,23)/t9-,11+/m1/s1. The van der Waals surface area contributed by atoms with Gasteiger partial charge in [-0.25, -0.2) is 0 Å². The van der Waals surface area contributed by atoms with E-state index in [9.17, 15) is 27.6 Å². The van der Waals surface area contributed by atoms with Crippen LogP contribution in [-0.2, 0) is 17.5 Å². The van der Waals surface area contributed by atoms with E-state index < -0.39 is 41.4 Å². The van der Waals surface area contributed by atoms with Gasteiger partial charge in [-0.05, 0) is 30.9 Å². The number of primary amides is 1. The smallest absolute Gasteiger partial charge is 0.365 e. The van der Waals surface area contributed by atoms with Gasteiger partial charge < -0.3 is 11.1 Å². The summed E-state index contributed by atoms with van der Waals surface area (Å²) in [5.74, 6) is -1.63. The predicted molar refractivity (Wildman–Crippen MR) is 83.8 cm³/mol. The summed E-state index contributed by atoms with van der Waals surface area (Å²) in [5.41, 5.74) is 1.89. The van der Waals surface area contributed by atoms with E-state index in [4.69, 9.17) is 5.73 Å². The number of hydrogen-bond donors (Lipinski definition) is 2. The van der Waals surface area contributed by atoms with E-state index in [0.29, 0.717) is 6.07 Å². The highest BCUT2D eigenvalue weighted by Crippen LogP contribution is 2.28. The number of aromatic nitrogens is 1. The van der Waals surface area contributed by atoms with Crippen LogP contribution in [0, 0.1) is 5.92 Å². The molecule has 6 nitrogen and oxygen atoms in total. The summed E-state index contributed by atoms with van der Waals surface area (Å²) in [6.07, 6.45) is -1.19. The minimum absolute atomic E-state index is 0.134. The number of pyridine rings is 1. The van der Waals surface area contributed by atoms with Crippen LogP contribution in [0.15, 0.2) is 16.9 Å². The largest absolute Gasteiger partial charge is 0.431 e. The maximum absolute atomic E-state index is 13.1. The minimum Gasteiger partial charge on any atom is -0.365 e. The maximum Gasteiger partial charge on any atom is 0.431 e. The minimum atomic E-state index is -4.84. The Morgan fingerprint density at radius 2 is 1.92 bits per heavy atom. The predicted octanol–water partition coefficient (Wildman–Crippen LogP) is 1.66. The van der Waals surface area contributed by atoms with E-state index in [2.05, 4.69) is 5.32 Å². The summed E-state index contributed by atoms with van der Waals surface area (Å²) in [7, 11) is 0. The van der Waals surface area contributed by atoms with Crippen molar-refractivity contribution in [2.45, 2.75) is 51.4 Å². The molecule has 25 heavy (non-hydrogen) atoms. The molecule has 1 aliphatic carbocycles. The molecule has 2 rings (SSSR count). The molecule has 2 amide bonds. The number of amides is 2. The van der Waals surface area contributed by atoms with Crippen LogP contribution in [0.3, 0.4) is 0 Å². The van der Waals surface area contributed by atoms with Gasteiger partial charge in [0.25, 0.3) is 11.5 Å². The molecule has 0 saturated heterocycles. The fourth-order valence-electron chi connectivity index (χ4n) is 3.10. The zero-order valence-electron chi connectivity index (χ0n) is 13.7. The molecule has 1 saturated carbocycles. The van der Waals surface area contributed by atoms with E-state index in [1.54, 1.807) is 0 Å². The van der Waals surface area contributed by atoms with E-state index in [1.165, 1.54) is 0 Å². The summed E-state index contributed by atoms with van der Waals surface area (Å²) < 4.78 is 39.6. The molecule has 1 fully saturated rings. The van der Waals surface area contributed by atoms with Crippen LogP contribution < -0.4 is 16.6 Å². The number of nitrogens with two attached hydrogens (primary N) is 1. The fraction of sp³-hybridized carbons (Fsp3) is 0.562. The number of nitrogens with one attached hydrogen (secondary N) is 1. The highest BCUT2D eigenvalue weighted by molar-refractivity contribution is 5.92. The normalized spacial score (nSPS) is 21.0. The lowest BCUT2D eigenvalue weighted by Gasteiger charge is -2.29. The second kappa shape index (κ2) is 7.28. The van der Waals surface area contributed by atoms with Gasteiger partial charge in [-0.3, -0.25) is 19.0 Å². The van der Waals surface area contributed by atoms with Crippen LogP contribution in [-0.4, -0.2) is 22.4 Å². The molecule has 0 radical (unpaired) electrons. The number of alkyl halides is 3. The number of nitrogens with zero attached hydrogens (tertiary/aromatic N) is 1. The van der Waals surface area contributed by atoms with Crippen molar-refractivity contribution in [3.05, 3.63) is 33.7 Å². The Balaban J connectivity index is 2.30. The lowest BCUT2D eigenvalue weighted by Crippen LogP contribution is -2.45. The second-order valence-electron chi connectivity index (χ2n) is 6.32. The van der Waals surface area contributed by atoms with Gasteiger partial charge in [0.1, 0.15) is 17.8 Å². The Bertz CT molecular complexity index is 728. The number of rotatable bonds is 4. The van der Waals surface area contributed by atoms with Crippen LogP contribution in [0.5, 0.6) is 0 Å². The molecule has 3 N–H and O–H groups in total. The molecule has 0 aromatic carbocycles. The molecule has 0 unspecified atom stereocenters. The molecule has 0 aliphatic heterocycles. The third-order valence-corrected chi connectivity index (χ3v) is 4.49.